The molecule has 0 fully saturated rings. The monoisotopic (exact) mass is 362 g/mol. The average molecular weight is 364 g/mol. The molecule has 0 spiro atoms. The molecule has 1 aromatic heterocycles. The number of aromatic nitrogens is 1. The van der Waals surface area contributed by atoms with Crippen molar-refractivity contribution in [3.8, 4) is 0 Å². The van der Waals surface area contributed by atoms with Crippen LogP contribution in [-0.4, -0.2) is 10.5 Å². The standard InChI is InChI=1S/C16H12BrClN2O/c1-20-14-9-11(18)7-6-10(14)8-15(20)16(21)19-13-5-3-2-4-12(13)17/h2-9H,1H3,(H,19,21). The Bertz CT molecular complexity index is 841. The van der Waals surface area contributed by atoms with Gasteiger partial charge in [-0.15, -0.1) is 0 Å². The topological polar surface area (TPSA) is 34.0 Å². The lowest BCUT2D eigenvalue weighted by Crippen LogP contribution is -2.15. The first kappa shape index (κ1) is 14.2. The van der Waals surface area contributed by atoms with Crippen LogP contribution in [-0.2, 0) is 7.05 Å². The van der Waals surface area contributed by atoms with Crippen LogP contribution in [0.2, 0.25) is 5.02 Å². The molecule has 0 unspecified atom stereocenters. The van der Waals surface area contributed by atoms with Crippen LogP contribution in [0.1, 0.15) is 10.5 Å². The number of hydrogen-bond donors (Lipinski definition) is 1. The van der Waals surface area contributed by atoms with Crippen LogP contribution in [0, 0.1) is 0 Å². The highest BCUT2D eigenvalue weighted by Gasteiger charge is 2.14. The number of carbonyl (C=O) groups is 1. The predicted octanol–water partition coefficient (Wildman–Crippen LogP) is 4.85. The fourth-order valence-electron chi connectivity index (χ4n) is 2.27. The fourth-order valence-corrected chi connectivity index (χ4v) is 2.82. The number of anilines is 1. The van der Waals surface area contributed by atoms with E-state index in [0.29, 0.717) is 10.7 Å². The Morgan fingerprint density at radius 3 is 2.71 bits per heavy atom. The van der Waals surface area contributed by atoms with Crippen molar-refractivity contribution in [3.63, 3.8) is 0 Å². The maximum Gasteiger partial charge on any atom is 0.272 e. The largest absolute Gasteiger partial charge is 0.340 e. The second-order valence-corrected chi connectivity index (χ2v) is 6.02. The van der Waals surface area contributed by atoms with Crippen molar-refractivity contribution in [2.45, 2.75) is 0 Å². The van der Waals surface area contributed by atoms with Crippen molar-refractivity contribution in [2.24, 2.45) is 7.05 Å². The first-order valence-electron chi connectivity index (χ1n) is 6.37. The van der Waals surface area contributed by atoms with Gasteiger partial charge in [0.2, 0.25) is 0 Å². The van der Waals surface area contributed by atoms with Gasteiger partial charge in [0.15, 0.2) is 0 Å². The third kappa shape index (κ3) is 2.69. The van der Waals surface area contributed by atoms with E-state index in [1.165, 1.54) is 0 Å². The molecule has 3 rings (SSSR count). The lowest BCUT2D eigenvalue weighted by Gasteiger charge is -2.08. The van der Waals surface area contributed by atoms with Gasteiger partial charge in [-0.1, -0.05) is 29.8 Å². The quantitative estimate of drug-likeness (QED) is 0.694. The summed E-state index contributed by atoms with van der Waals surface area (Å²) in [7, 11) is 1.85. The summed E-state index contributed by atoms with van der Waals surface area (Å²) in [5, 5.41) is 4.54. The number of rotatable bonds is 2. The van der Waals surface area contributed by atoms with Gasteiger partial charge >= 0.3 is 0 Å². The molecule has 3 nitrogen and oxygen atoms in total. The number of benzene rings is 2. The Morgan fingerprint density at radius 1 is 1.19 bits per heavy atom. The minimum Gasteiger partial charge on any atom is -0.340 e. The van der Waals surface area contributed by atoms with Gasteiger partial charge in [0.05, 0.1) is 5.69 Å². The van der Waals surface area contributed by atoms with Crippen LogP contribution in [0.25, 0.3) is 10.9 Å². The molecule has 3 aromatic rings. The number of nitrogens with zero attached hydrogens (tertiary/aromatic N) is 1. The van der Waals surface area contributed by atoms with E-state index in [1.807, 2.05) is 60.1 Å². The van der Waals surface area contributed by atoms with Gasteiger partial charge in [0.25, 0.3) is 5.91 Å². The summed E-state index contributed by atoms with van der Waals surface area (Å²) in [5.41, 5.74) is 2.26. The Morgan fingerprint density at radius 2 is 1.95 bits per heavy atom. The number of aryl methyl sites for hydroxylation is 1. The second-order valence-electron chi connectivity index (χ2n) is 4.73. The van der Waals surface area contributed by atoms with E-state index >= 15 is 0 Å². The molecule has 0 aliphatic rings. The van der Waals surface area contributed by atoms with Crippen LogP contribution in [0.5, 0.6) is 0 Å². The Labute approximate surface area is 135 Å². The maximum absolute atomic E-state index is 12.5. The zero-order chi connectivity index (χ0) is 15.0. The lowest BCUT2D eigenvalue weighted by molar-refractivity contribution is 0.101. The number of para-hydroxylation sites is 1. The molecule has 0 aliphatic carbocycles. The van der Waals surface area contributed by atoms with Crippen molar-refractivity contribution < 1.29 is 4.79 Å². The molecule has 0 saturated carbocycles. The molecule has 1 N–H and O–H groups in total. The number of halogens is 2. The van der Waals surface area contributed by atoms with Crippen molar-refractivity contribution in [2.75, 3.05) is 5.32 Å². The smallest absolute Gasteiger partial charge is 0.272 e. The normalized spacial score (nSPS) is 10.8. The van der Waals surface area contributed by atoms with Crippen LogP contribution >= 0.6 is 27.5 Å². The average Bonchev–Trinajstić information content (AvgIpc) is 2.79. The van der Waals surface area contributed by atoms with Crippen molar-refractivity contribution in [3.05, 3.63) is 63.7 Å². The van der Waals surface area contributed by atoms with Crippen molar-refractivity contribution in [1.29, 1.82) is 0 Å². The van der Waals surface area contributed by atoms with Crippen molar-refractivity contribution >= 4 is 50.0 Å². The first-order chi connectivity index (χ1) is 10.1. The third-order valence-electron chi connectivity index (χ3n) is 3.36. The maximum atomic E-state index is 12.5. The van der Waals surface area contributed by atoms with E-state index in [2.05, 4.69) is 21.2 Å². The van der Waals surface area contributed by atoms with E-state index in [-0.39, 0.29) is 5.91 Å². The lowest BCUT2D eigenvalue weighted by atomic mass is 10.2. The minimum atomic E-state index is -0.156. The summed E-state index contributed by atoms with van der Waals surface area (Å²) >= 11 is 9.43. The Balaban J connectivity index is 1.99. The molecule has 21 heavy (non-hydrogen) atoms. The van der Waals surface area contributed by atoms with E-state index < -0.39 is 0 Å². The Hall–Kier alpha value is -1.78. The predicted molar refractivity (Wildman–Crippen MR) is 90.0 cm³/mol. The number of amides is 1. The second kappa shape index (κ2) is 5.54. The van der Waals surface area contributed by atoms with Crippen LogP contribution in [0.4, 0.5) is 5.69 Å². The summed E-state index contributed by atoms with van der Waals surface area (Å²) in [6.07, 6.45) is 0. The minimum absolute atomic E-state index is 0.156. The summed E-state index contributed by atoms with van der Waals surface area (Å²) in [4.78, 5) is 12.5. The molecule has 1 amide bonds. The van der Waals surface area contributed by atoms with Crippen LogP contribution < -0.4 is 5.32 Å². The molecular formula is C16H12BrClN2O. The van der Waals surface area contributed by atoms with Gasteiger partial charge in [0.1, 0.15) is 5.69 Å². The highest BCUT2D eigenvalue weighted by atomic mass is 79.9. The van der Waals surface area contributed by atoms with Gasteiger partial charge in [-0.05, 0) is 46.3 Å². The van der Waals surface area contributed by atoms with Gasteiger partial charge in [-0.3, -0.25) is 4.79 Å². The number of fused-ring (bicyclic) bond motifs is 1. The Kier molecular flexibility index (Phi) is 3.74. The highest BCUT2D eigenvalue weighted by Crippen LogP contribution is 2.25. The molecule has 0 bridgehead atoms. The van der Waals surface area contributed by atoms with E-state index in [4.69, 9.17) is 11.6 Å². The summed E-state index contributed by atoms with van der Waals surface area (Å²) in [5.74, 6) is -0.156. The zero-order valence-corrected chi connectivity index (χ0v) is 13.6. The SMILES string of the molecule is Cn1c(C(=O)Nc2ccccc2Br)cc2ccc(Cl)cc21. The molecular weight excluding hydrogens is 352 g/mol. The first-order valence-corrected chi connectivity index (χ1v) is 7.54. The molecule has 0 radical (unpaired) electrons. The van der Waals surface area contributed by atoms with Gasteiger partial charge in [-0.25, -0.2) is 0 Å². The fraction of sp³-hybridized carbons (Fsp3) is 0.0625. The van der Waals surface area contributed by atoms with Crippen LogP contribution in [0.15, 0.2) is 53.0 Å². The number of carbonyl (C=O) groups excluding carboxylic acids is 1. The molecule has 2 aromatic carbocycles. The molecule has 0 saturated heterocycles. The summed E-state index contributed by atoms with van der Waals surface area (Å²) < 4.78 is 2.69. The van der Waals surface area contributed by atoms with Gasteiger partial charge in [-0.2, -0.15) is 0 Å². The summed E-state index contributed by atoms with van der Waals surface area (Å²) in [6, 6.07) is 15.0. The molecule has 1 heterocycles. The summed E-state index contributed by atoms with van der Waals surface area (Å²) in [6.45, 7) is 0. The van der Waals surface area contributed by atoms with Gasteiger partial charge in [0, 0.05) is 27.4 Å². The van der Waals surface area contributed by atoms with E-state index in [1.54, 1.807) is 0 Å². The van der Waals surface area contributed by atoms with E-state index in [0.717, 1.165) is 21.1 Å². The number of hydrogen-bond acceptors (Lipinski definition) is 1. The molecule has 5 heteroatoms. The zero-order valence-electron chi connectivity index (χ0n) is 11.2. The molecule has 0 aliphatic heterocycles. The number of nitrogens with one attached hydrogen (secondary N) is 1. The van der Waals surface area contributed by atoms with Crippen molar-refractivity contribution in [1.82, 2.24) is 4.57 Å². The third-order valence-corrected chi connectivity index (χ3v) is 4.29. The highest BCUT2D eigenvalue weighted by molar-refractivity contribution is 9.10. The van der Waals surface area contributed by atoms with Crippen LogP contribution in [0.3, 0.4) is 0 Å². The molecule has 0 atom stereocenters. The molecule has 106 valence electrons. The van der Waals surface area contributed by atoms with Gasteiger partial charge < -0.3 is 9.88 Å². The van der Waals surface area contributed by atoms with E-state index in [9.17, 15) is 4.79 Å².